The quantitative estimate of drug-likeness (QED) is 0.122. The zero-order valence-electron chi connectivity index (χ0n) is 31.4. The van der Waals surface area contributed by atoms with E-state index in [0.29, 0.717) is 22.3 Å². The normalized spacial score (nSPS) is 12.0. The second-order valence-electron chi connectivity index (χ2n) is 14.0. The first-order valence-corrected chi connectivity index (χ1v) is 18.8. The Morgan fingerprint density at radius 2 is 0.679 bits per heavy atom. The first-order valence-electron chi connectivity index (χ1n) is 18.8. The number of carbonyl (C=O) groups is 4. The Morgan fingerprint density at radius 3 is 1.02 bits per heavy atom. The molecule has 6 heteroatoms. The lowest BCUT2D eigenvalue weighted by Gasteiger charge is -2.17. The lowest BCUT2D eigenvalue weighted by atomic mass is 9.84. The van der Waals surface area contributed by atoms with Gasteiger partial charge in [0.05, 0.1) is 11.8 Å². The Kier molecular flexibility index (Phi) is 11.4. The largest absolute Gasteiger partial charge is 0.358 e. The highest BCUT2D eigenvalue weighted by Gasteiger charge is 2.31. The van der Waals surface area contributed by atoms with Crippen LogP contribution in [0.15, 0.2) is 170 Å². The number of nitrogens with one attached hydrogen (secondary N) is 2. The number of aryl methyl sites for hydroxylation is 2. The number of para-hydroxylation sites is 2. The molecule has 6 aromatic carbocycles. The third-order valence-corrected chi connectivity index (χ3v) is 10.3. The fraction of sp³-hybridized carbons (Fsp3) is 0.120. The van der Waals surface area contributed by atoms with Crippen molar-refractivity contribution in [1.82, 2.24) is 9.97 Å². The van der Waals surface area contributed by atoms with Gasteiger partial charge in [-0.25, -0.2) is 0 Å². The molecule has 8 rings (SSSR count). The van der Waals surface area contributed by atoms with E-state index in [1.54, 1.807) is 24.3 Å². The SMILES string of the molecule is Cc1[nH]c2ccccc2c1[C@H](CC(=O)c1ccccc1)C(=O)c1ccccc1.Cc1[nH]c2ccccc2c1[C@H](CC(=O)c1ccccc1)C(=O)c1ccccc1. The molecule has 56 heavy (non-hydrogen) atoms. The van der Waals surface area contributed by atoms with E-state index in [1.165, 1.54) is 0 Å². The summed E-state index contributed by atoms with van der Waals surface area (Å²) >= 11 is 0. The predicted molar refractivity (Wildman–Crippen MR) is 224 cm³/mol. The van der Waals surface area contributed by atoms with E-state index in [9.17, 15) is 19.2 Å². The number of benzene rings is 6. The Hall–Kier alpha value is -6.92. The zero-order chi connectivity index (χ0) is 39.0. The molecule has 0 spiro atoms. The van der Waals surface area contributed by atoms with Crippen molar-refractivity contribution in [3.63, 3.8) is 0 Å². The first-order chi connectivity index (χ1) is 27.3. The van der Waals surface area contributed by atoms with Crippen molar-refractivity contribution in [3.8, 4) is 0 Å². The number of fused-ring (bicyclic) bond motifs is 2. The van der Waals surface area contributed by atoms with Crippen LogP contribution in [-0.4, -0.2) is 33.1 Å². The third-order valence-electron chi connectivity index (χ3n) is 10.3. The highest BCUT2D eigenvalue weighted by atomic mass is 16.1. The second kappa shape index (κ2) is 17.0. The molecular weight excluding hydrogens is 693 g/mol. The molecule has 0 aliphatic carbocycles. The molecule has 2 heterocycles. The maximum atomic E-state index is 13.4. The number of rotatable bonds is 12. The van der Waals surface area contributed by atoms with Crippen molar-refractivity contribution < 1.29 is 19.2 Å². The summed E-state index contributed by atoms with van der Waals surface area (Å²) in [5.41, 5.74) is 8.14. The molecule has 0 bridgehead atoms. The maximum Gasteiger partial charge on any atom is 0.170 e. The predicted octanol–water partition coefficient (Wildman–Crippen LogP) is 11.4. The van der Waals surface area contributed by atoms with E-state index >= 15 is 0 Å². The number of Topliss-reactive ketones (excluding diaryl/α,β-unsaturated/α-hetero) is 4. The molecule has 276 valence electrons. The van der Waals surface area contributed by atoms with Crippen molar-refractivity contribution in [2.45, 2.75) is 38.5 Å². The number of carbonyl (C=O) groups excluding carboxylic acids is 4. The molecular formula is C50H42N2O4. The summed E-state index contributed by atoms with van der Waals surface area (Å²) in [4.78, 5) is 59.5. The van der Waals surface area contributed by atoms with Gasteiger partial charge < -0.3 is 9.97 Å². The van der Waals surface area contributed by atoms with Crippen LogP contribution in [-0.2, 0) is 0 Å². The number of aromatic nitrogens is 2. The van der Waals surface area contributed by atoms with Crippen LogP contribution in [0.2, 0.25) is 0 Å². The first kappa shape index (κ1) is 37.4. The maximum absolute atomic E-state index is 13.4. The van der Waals surface area contributed by atoms with Crippen LogP contribution < -0.4 is 0 Å². The van der Waals surface area contributed by atoms with Gasteiger partial charge in [-0.05, 0) is 37.1 Å². The van der Waals surface area contributed by atoms with Crippen LogP contribution in [0.4, 0.5) is 0 Å². The average molecular weight is 735 g/mol. The van der Waals surface area contributed by atoms with E-state index in [0.717, 1.165) is 44.3 Å². The van der Waals surface area contributed by atoms with Crippen molar-refractivity contribution in [1.29, 1.82) is 0 Å². The number of hydrogen-bond acceptors (Lipinski definition) is 4. The molecule has 2 aromatic heterocycles. The summed E-state index contributed by atoms with van der Waals surface area (Å²) in [7, 11) is 0. The van der Waals surface area contributed by atoms with Crippen LogP contribution in [0.25, 0.3) is 21.8 Å². The van der Waals surface area contributed by atoms with Gasteiger partial charge in [-0.15, -0.1) is 0 Å². The van der Waals surface area contributed by atoms with Crippen molar-refractivity contribution >= 4 is 44.9 Å². The van der Waals surface area contributed by atoms with Crippen molar-refractivity contribution in [2.24, 2.45) is 0 Å². The lowest BCUT2D eigenvalue weighted by molar-refractivity contribution is 0.0893. The number of aromatic amines is 2. The fourth-order valence-corrected chi connectivity index (χ4v) is 7.61. The van der Waals surface area contributed by atoms with Gasteiger partial charge in [0.2, 0.25) is 0 Å². The molecule has 2 N–H and O–H groups in total. The van der Waals surface area contributed by atoms with Gasteiger partial charge in [-0.1, -0.05) is 158 Å². The molecule has 0 saturated heterocycles. The van der Waals surface area contributed by atoms with E-state index in [2.05, 4.69) is 9.97 Å². The van der Waals surface area contributed by atoms with Gasteiger partial charge in [0, 0.05) is 68.3 Å². The van der Waals surface area contributed by atoms with Crippen LogP contribution in [0.1, 0.15) is 88.6 Å². The van der Waals surface area contributed by atoms with Gasteiger partial charge in [-0.3, -0.25) is 19.2 Å². The molecule has 8 aromatic rings. The molecule has 0 fully saturated rings. The van der Waals surface area contributed by atoms with Crippen LogP contribution >= 0.6 is 0 Å². The highest BCUT2D eigenvalue weighted by Crippen LogP contribution is 2.36. The Balaban J connectivity index is 0.000000172. The van der Waals surface area contributed by atoms with Crippen molar-refractivity contribution in [3.05, 3.63) is 215 Å². The number of hydrogen-bond donors (Lipinski definition) is 2. The van der Waals surface area contributed by atoms with Crippen molar-refractivity contribution in [2.75, 3.05) is 0 Å². The summed E-state index contributed by atoms with van der Waals surface area (Å²) < 4.78 is 0. The van der Waals surface area contributed by atoms with E-state index in [4.69, 9.17) is 0 Å². The summed E-state index contributed by atoms with van der Waals surface area (Å²) in [5.74, 6) is -1.19. The Labute approximate surface area is 326 Å². The van der Waals surface area contributed by atoms with E-state index in [-0.39, 0.29) is 36.0 Å². The topological polar surface area (TPSA) is 99.9 Å². The second-order valence-corrected chi connectivity index (χ2v) is 14.0. The molecule has 0 unspecified atom stereocenters. The Bertz CT molecular complexity index is 2440. The molecule has 0 saturated carbocycles. The molecule has 0 aliphatic rings. The highest BCUT2D eigenvalue weighted by molar-refractivity contribution is 6.09. The molecule has 0 aliphatic heterocycles. The summed E-state index contributed by atoms with van der Waals surface area (Å²) in [5, 5.41) is 1.99. The Morgan fingerprint density at radius 1 is 0.393 bits per heavy atom. The number of H-pyrrole nitrogens is 2. The molecule has 0 radical (unpaired) electrons. The fourth-order valence-electron chi connectivity index (χ4n) is 7.61. The zero-order valence-corrected chi connectivity index (χ0v) is 31.4. The van der Waals surface area contributed by atoms with Gasteiger partial charge in [0.1, 0.15) is 0 Å². The standard InChI is InChI=1S/2C25H21NO2/c2*1-17-24(20-14-8-9-15-22(20)26-17)21(25(28)19-12-6-3-7-13-19)16-23(27)18-10-4-2-5-11-18/h2*2-15,21,26H,16H2,1H3/t2*21-/m00/s1. The van der Waals surface area contributed by atoms with Gasteiger partial charge >= 0.3 is 0 Å². The lowest BCUT2D eigenvalue weighted by Crippen LogP contribution is -2.18. The molecule has 2 atom stereocenters. The number of ketones is 4. The van der Waals surface area contributed by atoms with Gasteiger partial charge in [-0.2, -0.15) is 0 Å². The third kappa shape index (κ3) is 8.10. The van der Waals surface area contributed by atoms with Crippen LogP contribution in [0.5, 0.6) is 0 Å². The molecule has 0 amide bonds. The average Bonchev–Trinajstić information content (AvgIpc) is 3.77. The summed E-state index contributed by atoms with van der Waals surface area (Å²) in [6.07, 6.45) is 0.279. The summed E-state index contributed by atoms with van der Waals surface area (Å²) in [6.45, 7) is 3.93. The van der Waals surface area contributed by atoms with Gasteiger partial charge in [0.25, 0.3) is 0 Å². The molecule has 6 nitrogen and oxygen atoms in total. The van der Waals surface area contributed by atoms with Gasteiger partial charge in [0.15, 0.2) is 23.1 Å². The minimum absolute atomic E-state index is 0.0282. The van der Waals surface area contributed by atoms with Crippen LogP contribution in [0.3, 0.4) is 0 Å². The summed E-state index contributed by atoms with van der Waals surface area (Å²) in [6, 6.07) is 52.6. The minimum Gasteiger partial charge on any atom is -0.358 e. The monoisotopic (exact) mass is 734 g/mol. The van der Waals surface area contributed by atoms with E-state index in [1.807, 2.05) is 159 Å². The van der Waals surface area contributed by atoms with E-state index < -0.39 is 11.8 Å². The van der Waals surface area contributed by atoms with Crippen LogP contribution in [0, 0.1) is 13.8 Å². The smallest absolute Gasteiger partial charge is 0.170 e. The minimum atomic E-state index is -0.536.